The van der Waals surface area contributed by atoms with E-state index in [-0.39, 0.29) is 6.61 Å². The Morgan fingerprint density at radius 1 is 1.57 bits per heavy atom. The average molecular weight is 195 g/mol. The highest BCUT2D eigenvalue weighted by Gasteiger charge is 2.08. The van der Waals surface area contributed by atoms with Gasteiger partial charge in [-0.3, -0.25) is 0 Å². The standard InChI is InChI=1S/C10H13NO3/c1-2-14-10(13)7-3-4-9(11)8(5-7)6-12/h3-5,12H,2,6,11H2,1H3. The van der Waals surface area contributed by atoms with E-state index < -0.39 is 5.97 Å². The topological polar surface area (TPSA) is 72.5 Å². The van der Waals surface area contributed by atoms with E-state index in [9.17, 15) is 4.79 Å². The number of ether oxygens (including phenoxy) is 1. The average Bonchev–Trinajstić information content (AvgIpc) is 2.19. The van der Waals surface area contributed by atoms with E-state index in [1.165, 1.54) is 6.07 Å². The second-order valence-electron chi connectivity index (χ2n) is 2.79. The summed E-state index contributed by atoms with van der Waals surface area (Å²) < 4.78 is 4.81. The third kappa shape index (κ3) is 2.23. The van der Waals surface area contributed by atoms with Gasteiger partial charge in [-0.1, -0.05) is 0 Å². The first-order valence-corrected chi connectivity index (χ1v) is 4.35. The summed E-state index contributed by atoms with van der Waals surface area (Å²) in [5.41, 5.74) is 6.98. The number of aliphatic hydroxyl groups excluding tert-OH is 1. The third-order valence-electron chi connectivity index (χ3n) is 1.82. The number of carbonyl (C=O) groups excluding carboxylic acids is 1. The summed E-state index contributed by atoms with van der Waals surface area (Å²) in [5.74, 6) is -0.401. The number of nitrogens with two attached hydrogens (primary N) is 1. The number of rotatable bonds is 3. The molecule has 0 aliphatic rings. The van der Waals surface area contributed by atoms with E-state index in [1.54, 1.807) is 19.1 Å². The molecular weight excluding hydrogens is 182 g/mol. The molecule has 0 amide bonds. The van der Waals surface area contributed by atoms with Gasteiger partial charge in [0.1, 0.15) is 0 Å². The Hall–Kier alpha value is -1.55. The lowest BCUT2D eigenvalue weighted by atomic mass is 10.1. The molecular formula is C10H13NO3. The van der Waals surface area contributed by atoms with Gasteiger partial charge >= 0.3 is 5.97 Å². The molecule has 0 saturated carbocycles. The molecule has 1 aromatic rings. The van der Waals surface area contributed by atoms with Crippen LogP contribution in [0.4, 0.5) is 5.69 Å². The highest BCUT2D eigenvalue weighted by atomic mass is 16.5. The van der Waals surface area contributed by atoms with E-state index in [1.807, 2.05) is 0 Å². The second kappa shape index (κ2) is 4.62. The van der Waals surface area contributed by atoms with Crippen LogP contribution >= 0.6 is 0 Å². The van der Waals surface area contributed by atoms with Crippen molar-refractivity contribution in [3.63, 3.8) is 0 Å². The minimum absolute atomic E-state index is 0.181. The Balaban J connectivity index is 2.94. The Kier molecular flexibility index (Phi) is 3.48. The van der Waals surface area contributed by atoms with Crippen LogP contribution in [0, 0.1) is 0 Å². The normalized spacial score (nSPS) is 9.86. The molecule has 0 aromatic heterocycles. The van der Waals surface area contributed by atoms with Gasteiger partial charge in [0, 0.05) is 11.3 Å². The van der Waals surface area contributed by atoms with Crippen LogP contribution in [0.25, 0.3) is 0 Å². The van der Waals surface area contributed by atoms with Gasteiger partial charge in [0.15, 0.2) is 0 Å². The molecule has 1 rings (SSSR count). The zero-order chi connectivity index (χ0) is 10.6. The summed E-state index contributed by atoms with van der Waals surface area (Å²) in [6, 6.07) is 4.69. The minimum Gasteiger partial charge on any atom is -0.462 e. The first-order chi connectivity index (χ1) is 6.69. The van der Waals surface area contributed by atoms with Crippen molar-refractivity contribution in [1.82, 2.24) is 0 Å². The lowest BCUT2D eigenvalue weighted by Gasteiger charge is -2.05. The fourth-order valence-electron chi connectivity index (χ4n) is 1.08. The molecule has 4 nitrogen and oxygen atoms in total. The lowest BCUT2D eigenvalue weighted by Crippen LogP contribution is -2.06. The molecule has 1 aromatic carbocycles. The zero-order valence-electron chi connectivity index (χ0n) is 7.99. The molecule has 0 spiro atoms. The van der Waals surface area contributed by atoms with Gasteiger partial charge in [-0.2, -0.15) is 0 Å². The number of hydrogen-bond acceptors (Lipinski definition) is 4. The van der Waals surface area contributed by atoms with E-state index in [0.717, 1.165) is 0 Å². The number of aliphatic hydroxyl groups is 1. The Morgan fingerprint density at radius 3 is 2.86 bits per heavy atom. The Labute approximate surface area is 82.3 Å². The van der Waals surface area contributed by atoms with Gasteiger partial charge < -0.3 is 15.6 Å². The van der Waals surface area contributed by atoms with Crippen LogP contribution in [0.1, 0.15) is 22.8 Å². The lowest BCUT2D eigenvalue weighted by molar-refractivity contribution is 0.0526. The molecule has 4 heteroatoms. The predicted octanol–water partition coefficient (Wildman–Crippen LogP) is 0.938. The van der Waals surface area contributed by atoms with E-state index in [0.29, 0.717) is 23.4 Å². The van der Waals surface area contributed by atoms with Gasteiger partial charge in [-0.05, 0) is 25.1 Å². The number of hydrogen-bond donors (Lipinski definition) is 2. The molecule has 0 saturated heterocycles. The molecule has 0 aliphatic carbocycles. The van der Waals surface area contributed by atoms with Crippen LogP contribution < -0.4 is 5.73 Å². The molecule has 0 heterocycles. The summed E-state index contributed by atoms with van der Waals surface area (Å²) in [4.78, 5) is 11.3. The Morgan fingerprint density at radius 2 is 2.29 bits per heavy atom. The highest BCUT2D eigenvalue weighted by Crippen LogP contribution is 2.14. The first kappa shape index (κ1) is 10.5. The maximum absolute atomic E-state index is 11.3. The molecule has 0 fully saturated rings. The smallest absolute Gasteiger partial charge is 0.338 e. The summed E-state index contributed by atoms with van der Waals surface area (Å²) in [6.07, 6.45) is 0. The summed E-state index contributed by atoms with van der Waals surface area (Å²) >= 11 is 0. The van der Waals surface area contributed by atoms with E-state index in [4.69, 9.17) is 15.6 Å². The van der Waals surface area contributed by atoms with Gasteiger partial charge in [0.25, 0.3) is 0 Å². The van der Waals surface area contributed by atoms with Crippen LogP contribution in [0.15, 0.2) is 18.2 Å². The predicted molar refractivity (Wildman–Crippen MR) is 52.7 cm³/mol. The summed E-state index contributed by atoms with van der Waals surface area (Å²) in [7, 11) is 0. The molecule has 76 valence electrons. The molecule has 0 bridgehead atoms. The maximum atomic E-state index is 11.3. The molecule has 0 radical (unpaired) electrons. The quantitative estimate of drug-likeness (QED) is 0.556. The first-order valence-electron chi connectivity index (χ1n) is 4.35. The van der Waals surface area contributed by atoms with Crippen molar-refractivity contribution in [2.75, 3.05) is 12.3 Å². The van der Waals surface area contributed by atoms with Crippen molar-refractivity contribution in [2.45, 2.75) is 13.5 Å². The fourth-order valence-corrected chi connectivity index (χ4v) is 1.08. The van der Waals surface area contributed by atoms with Crippen molar-refractivity contribution in [3.8, 4) is 0 Å². The zero-order valence-corrected chi connectivity index (χ0v) is 7.99. The van der Waals surface area contributed by atoms with Crippen molar-refractivity contribution < 1.29 is 14.6 Å². The molecule has 0 atom stereocenters. The van der Waals surface area contributed by atoms with E-state index >= 15 is 0 Å². The highest BCUT2D eigenvalue weighted by molar-refractivity contribution is 5.90. The van der Waals surface area contributed by atoms with Crippen molar-refractivity contribution in [2.24, 2.45) is 0 Å². The summed E-state index contributed by atoms with van der Waals surface area (Å²) in [6.45, 7) is 1.89. The van der Waals surface area contributed by atoms with Crippen molar-refractivity contribution in [1.29, 1.82) is 0 Å². The van der Waals surface area contributed by atoms with Gasteiger partial charge in [0.05, 0.1) is 18.8 Å². The van der Waals surface area contributed by atoms with Gasteiger partial charge in [0.2, 0.25) is 0 Å². The number of anilines is 1. The monoisotopic (exact) mass is 195 g/mol. The second-order valence-corrected chi connectivity index (χ2v) is 2.79. The van der Waals surface area contributed by atoms with Crippen molar-refractivity contribution in [3.05, 3.63) is 29.3 Å². The number of nitrogen functional groups attached to an aromatic ring is 1. The van der Waals surface area contributed by atoms with Gasteiger partial charge in [-0.25, -0.2) is 4.79 Å². The Bertz CT molecular complexity index is 336. The number of esters is 1. The largest absolute Gasteiger partial charge is 0.462 e. The maximum Gasteiger partial charge on any atom is 0.338 e. The summed E-state index contributed by atoms with van der Waals surface area (Å²) in [5, 5.41) is 8.92. The minimum atomic E-state index is -0.401. The van der Waals surface area contributed by atoms with E-state index in [2.05, 4.69) is 0 Å². The third-order valence-corrected chi connectivity index (χ3v) is 1.82. The van der Waals surface area contributed by atoms with Crippen LogP contribution in [0.3, 0.4) is 0 Å². The SMILES string of the molecule is CCOC(=O)c1ccc(N)c(CO)c1. The number of benzene rings is 1. The van der Waals surface area contributed by atoms with Crippen LogP contribution in [0.2, 0.25) is 0 Å². The van der Waals surface area contributed by atoms with Crippen LogP contribution in [-0.4, -0.2) is 17.7 Å². The van der Waals surface area contributed by atoms with Crippen molar-refractivity contribution >= 4 is 11.7 Å². The fraction of sp³-hybridized carbons (Fsp3) is 0.300. The van der Waals surface area contributed by atoms with Crippen LogP contribution in [-0.2, 0) is 11.3 Å². The molecule has 0 unspecified atom stereocenters. The molecule has 0 aliphatic heterocycles. The molecule has 14 heavy (non-hydrogen) atoms. The van der Waals surface area contributed by atoms with Gasteiger partial charge in [-0.15, -0.1) is 0 Å². The van der Waals surface area contributed by atoms with Crippen LogP contribution in [0.5, 0.6) is 0 Å². The number of carbonyl (C=O) groups is 1. The molecule has 3 N–H and O–H groups in total.